The fraction of sp³-hybridized carbons (Fsp3) is 1.00. The molecule has 3 nitrogen and oxygen atoms in total. The maximum Gasteiger partial charge on any atom is 0.0967 e. The molecule has 0 spiro atoms. The van der Waals surface area contributed by atoms with Crippen molar-refractivity contribution in [2.24, 2.45) is 11.8 Å². The second-order valence-corrected chi connectivity index (χ2v) is 5.66. The number of hydrogen-bond donors (Lipinski definition) is 2. The molecule has 93 valence electrons. The summed E-state index contributed by atoms with van der Waals surface area (Å²) in [6.07, 6.45) is 7.64. The summed E-state index contributed by atoms with van der Waals surface area (Å²) in [5.74, 6) is 0.881. The number of hydrogen-bond acceptors (Lipinski definition) is 2. The number of rotatable bonds is 5. The molecule has 1 unspecified atom stereocenters. The van der Waals surface area contributed by atoms with Gasteiger partial charge >= 0.3 is 0 Å². The molecule has 2 fully saturated rings. The predicted octanol–water partition coefficient (Wildman–Crippen LogP) is 1.74. The lowest BCUT2D eigenvalue weighted by Crippen LogP contribution is -2.40. The van der Waals surface area contributed by atoms with Crippen LogP contribution in [0, 0.1) is 11.8 Å². The lowest BCUT2D eigenvalue weighted by molar-refractivity contribution is -0.0148. The molecule has 0 aliphatic heterocycles. The maximum atomic E-state index is 9.89. The Bertz CT molecular complexity index is 212. The standard InChI is InChI=1S/C13H24NO2/c14-11(8-9-4-2-1-3-5-9)13(16)12(15)10-6-7-10/h9-16H,1-8H2/t11?,12-,13+/m0/s1. The van der Waals surface area contributed by atoms with Gasteiger partial charge in [-0.3, -0.25) is 5.73 Å². The monoisotopic (exact) mass is 226 g/mol. The molecule has 1 radical (unpaired) electrons. The molecule has 3 atom stereocenters. The zero-order valence-corrected chi connectivity index (χ0v) is 9.94. The largest absolute Gasteiger partial charge is 0.390 e. The fourth-order valence-electron chi connectivity index (χ4n) is 2.88. The molecule has 0 bridgehead atoms. The molecule has 2 saturated carbocycles. The SMILES string of the molecule is [NH]C(CC1CCCCC1)[C@@H](O)[C@@H](O)C1CC1. The highest BCUT2D eigenvalue weighted by molar-refractivity contribution is 4.90. The number of nitrogens with one attached hydrogen (secondary N) is 1. The van der Waals surface area contributed by atoms with Crippen LogP contribution in [0.4, 0.5) is 0 Å². The maximum absolute atomic E-state index is 9.89. The Morgan fingerprint density at radius 1 is 1.00 bits per heavy atom. The summed E-state index contributed by atoms with van der Waals surface area (Å²) >= 11 is 0. The van der Waals surface area contributed by atoms with Crippen molar-refractivity contribution < 1.29 is 10.2 Å². The van der Waals surface area contributed by atoms with Crippen LogP contribution in [0.25, 0.3) is 0 Å². The molecule has 3 N–H and O–H groups in total. The summed E-state index contributed by atoms with van der Waals surface area (Å²) in [6, 6.07) is -0.487. The van der Waals surface area contributed by atoms with Crippen LogP contribution in [0.2, 0.25) is 0 Å². The van der Waals surface area contributed by atoms with E-state index in [-0.39, 0.29) is 5.92 Å². The molecule has 3 heteroatoms. The summed E-state index contributed by atoms with van der Waals surface area (Å²) in [7, 11) is 0. The van der Waals surface area contributed by atoms with Gasteiger partial charge in [0.05, 0.1) is 18.2 Å². The van der Waals surface area contributed by atoms with Gasteiger partial charge in [-0.1, -0.05) is 32.1 Å². The van der Waals surface area contributed by atoms with Crippen LogP contribution < -0.4 is 5.73 Å². The summed E-state index contributed by atoms with van der Waals surface area (Å²) in [6.45, 7) is 0. The molecule has 2 aliphatic rings. The Morgan fingerprint density at radius 3 is 2.19 bits per heavy atom. The summed E-state index contributed by atoms with van der Waals surface area (Å²) in [5, 5.41) is 19.7. The average molecular weight is 226 g/mol. The third kappa shape index (κ3) is 3.19. The van der Waals surface area contributed by atoms with Crippen molar-refractivity contribution in [2.45, 2.75) is 69.6 Å². The zero-order valence-electron chi connectivity index (χ0n) is 9.94. The van der Waals surface area contributed by atoms with Crippen LogP contribution >= 0.6 is 0 Å². The van der Waals surface area contributed by atoms with E-state index in [9.17, 15) is 10.2 Å². The molecule has 2 aliphatic carbocycles. The Hall–Kier alpha value is -0.120. The minimum absolute atomic E-state index is 0.272. The first-order valence-electron chi connectivity index (χ1n) is 6.75. The fourth-order valence-corrected chi connectivity index (χ4v) is 2.88. The van der Waals surface area contributed by atoms with E-state index in [2.05, 4.69) is 0 Å². The van der Waals surface area contributed by atoms with Crippen molar-refractivity contribution in [2.75, 3.05) is 0 Å². The van der Waals surface area contributed by atoms with Gasteiger partial charge in [0.1, 0.15) is 0 Å². The Labute approximate surface area is 98.0 Å². The van der Waals surface area contributed by atoms with Crippen molar-refractivity contribution in [3.05, 3.63) is 0 Å². The highest BCUT2D eigenvalue weighted by atomic mass is 16.3. The van der Waals surface area contributed by atoms with Gasteiger partial charge in [-0.25, -0.2) is 0 Å². The van der Waals surface area contributed by atoms with Crippen LogP contribution in [0.15, 0.2) is 0 Å². The van der Waals surface area contributed by atoms with E-state index in [0.717, 1.165) is 19.3 Å². The van der Waals surface area contributed by atoms with Crippen molar-refractivity contribution in [3.8, 4) is 0 Å². The molecular weight excluding hydrogens is 202 g/mol. The number of aliphatic hydroxyl groups is 2. The van der Waals surface area contributed by atoms with Gasteiger partial charge in [-0.2, -0.15) is 0 Å². The summed E-state index contributed by atoms with van der Waals surface area (Å²) in [5.41, 5.74) is 7.96. The van der Waals surface area contributed by atoms with E-state index in [1.165, 1.54) is 32.1 Å². The lowest BCUT2D eigenvalue weighted by atomic mass is 9.83. The van der Waals surface area contributed by atoms with Crippen molar-refractivity contribution in [1.29, 1.82) is 0 Å². The third-order valence-electron chi connectivity index (χ3n) is 4.18. The van der Waals surface area contributed by atoms with Crippen molar-refractivity contribution in [1.82, 2.24) is 5.73 Å². The first-order chi connectivity index (χ1) is 7.68. The van der Waals surface area contributed by atoms with Crippen molar-refractivity contribution in [3.63, 3.8) is 0 Å². The minimum atomic E-state index is -0.825. The molecule has 0 heterocycles. The van der Waals surface area contributed by atoms with E-state index < -0.39 is 18.2 Å². The van der Waals surface area contributed by atoms with E-state index >= 15 is 0 Å². The van der Waals surface area contributed by atoms with Gasteiger partial charge in [0.2, 0.25) is 0 Å². The summed E-state index contributed by atoms with van der Waals surface area (Å²) in [4.78, 5) is 0. The highest BCUT2D eigenvalue weighted by Gasteiger charge is 2.37. The Kier molecular flexibility index (Phi) is 4.22. The molecule has 0 amide bonds. The molecule has 0 aromatic rings. The predicted molar refractivity (Wildman–Crippen MR) is 62.8 cm³/mol. The van der Waals surface area contributed by atoms with Gasteiger partial charge in [-0.15, -0.1) is 0 Å². The molecule has 2 rings (SSSR count). The van der Waals surface area contributed by atoms with Gasteiger partial charge < -0.3 is 10.2 Å². The molecular formula is C13H24NO2. The zero-order chi connectivity index (χ0) is 11.5. The van der Waals surface area contributed by atoms with Crippen LogP contribution in [-0.4, -0.2) is 28.5 Å². The first kappa shape index (κ1) is 12.3. The van der Waals surface area contributed by atoms with E-state index in [1.807, 2.05) is 0 Å². The quantitative estimate of drug-likeness (QED) is 0.750. The molecule has 16 heavy (non-hydrogen) atoms. The third-order valence-corrected chi connectivity index (χ3v) is 4.18. The molecule has 0 aromatic carbocycles. The van der Waals surface area contributed by atoms with E-state index in [1.54, 1.807) is 0 Å². The van der Waals surface area contributed by atoms with E-state index in [0.29, 0.717) is 5.92 Å². The van der Waals surface area contributed by atoms with Crippen LogP contribution in [0.3, 0.4) is 0 Å². The van der Waals surface area contributed by atoms with Crippen LogP contribution in [-0.2, 0) is 0 Å². The molecule has 0 aromatic heterocycles. The van der Waals surface area contributed by atoms with Crippen molar-refractivity contribution >= 4 is 0 Å². The normalized spacial score (nSPS) is 28.7. The summed E-state index contributed by atoms with van der Waals surface area (Å²) < 4.78 is 0. The Balaban J connectivity index is 1.74. The van der Waals surface area contributed by atoms with Gasteiger partial charge in [0.25, 0.3) is 0 Å². The Morgan fingerprint density at radius 2 is 1.62 bits per heavy atom. The van der Waals surface area contributed by atoms with Crippen LogP contribution in [0.5, 0.6) is 0 Å². The minimum Gasteiger partial charge on any atom is -0.390 e. The highest BCUT2D eigenvalue weighted by Crippen LogP contribution is 2.35. The smallest absolute Gasteiger partial charge is 0.0967 e. The lowest BCUT2D eigenvalue weighted by Gasteiger charge is -2.28. The molecule has 0 saturated heterocycles. The average Bonchev–Trinajstić information content (AvgIpc) is 3.12. The van der Waals surface area contributed by atoms with Gasteiger partial charge in [0, 0.05) is 0 Å². The van der Waals surface area contributed by atoms with Crippen LogP contribution in [0.1, 0.15) is 51.4 Å². The second kappa shape index (κ2) is 5.48. The number of aliphatic hydroxyl groups excluding tert-OH is 2. The van der Waals surface area contributed by atoms with E-state index in [4.69, 9.17) is 5.73 Å². The van der Waals surface area contributed by atoms with Gasteiger partial charge in [0.15, 0.2) is 0 Å². The van der Waals surface area contributed by atoms with Gasteiger partial charge in [-0.05, 0) is 31.1 Å². The topological polar surface area (TPSA) is 64.3 Å². The second-order valence-electron chi connectivity index (χ2n) is 5.66. The first-order valence-corrected chi connectivity index (χ1v) is 6.75.